The average molecular weight is 250 g/mol. The van der Waals surface area contributed by atoms with E-state index in [0.29, 0.717) is 11.6 Å². The van der Waals surface area contributed by atoms with Crippen molar-refractivity contribution in [1.29, 1.82) is 5.26 Å². The summed E-state index contributed by atoms with van der Waals surface area (Å²) in [5.74, 6) is 0. The Hall–Kier alpha value is -1.12. The number of likely N-dealkylation sites (N-methyl/N-ethyl adjacent to an activating group) is 1. The van der Waals surface area contributed by atoms with Gasteiger partial charge < -0.3 is 10.2 Å². The number of piperidine rings is 1. The lowest BCUT2D eigenvalue weighted by Gasteiger charge is -2.32. The first-order chi connectivity index (χ1) is 8.24. The molecule has 1 N–H and O–H groups in total. The summed E-state index contributed by atoms with van der Waals surface area (Å²) in [5, 5.41) is 13.5. The van der Waals surface area contributed by atoms with Gasteiger partial charge >= 0.3 is 0 Å². The van der Waals surface area contributed by atoms with Crippen molar-refractivity contribution >= 4 is 16.5 Å². The predicted octanol–water partition coefficient (Wildman–Crippen LogP) is 2.22. The number of hydrogen-bond acceptors (Lipinski definition) is 5. The van der Waals surface area contributed by atoms with Gasteiger partial charge in [0.2, 0.25) is 0 Å². The van der Waals surface area contributed by atoms with E-state index in [1.807, 2.05) is 6.92 Å². The highest BCUT2D eigenvalue weighted by Crippen LogP contribution is 2.25. The smallest absolute Gasteiger partial charge is 0.127 e. The Morgan fingerprint density at radius 1 is 1.65 bits per heavy atom. The molecule has 0 aliphatic carbocycles. The van der Waals surface area contributed by atoms with Crippen LogP contribution in [0.1, 0.15) is 31.0 Å². The molecule has 1 aliphatic heterocycles. The molecule has 0 amide bonds. The maximum Gasteiger partial charge on any atom is 0.127 e. The predicted molar refractivity (Wildman–Crippen MR) is 70.3 cm³/mol. The highest BCUT2D eigenvalue weighted by molar-refractivity contribution is 7.10. The zero-order chi connectivity index (χ0) is 12.3. The summed E-state index contributed by atoms with van der Waals surface area (Å²) in [5.41, 5.74) is 1.55. The van der Waals surface area contributed by atoms with E-state index in [-0.39, 0.29) is 0 Å². The maximum absolute atomic E-state index is 9.08. The monoisotopic (exact) mass is 250 g/mol. The third-order valence-electron chi connectivity index (χ3n) is 3.26. The van der Waals surface area contributed by atoms with Crippen LogP contribution in [0.2, 0.25) is 0 Å². The van der Waals surface area contributed by atoms with Crippen LogP contribution in [0.25, 0.3) is 0 Å². The van der Waals surface area contributed by atoms with Crippen molar-refractivity contribution in [3.05, 3.63) is 11.3 Å². The lowest BCUT2D eigenvalue weighted by Crippen LogP contribution is -2.41. The van der Waals surface area contributed by atoms with Gasteiger partial charge in [-0.25, -0.2) is 0 Å². The Bertz CT molecular complexity index is 421. The number of likely N-dealkylation sites (tertiary alicyclic amines) is 1. The number of aromatic nitrogens is 1. The molecule has 1 unspecified atom stereocenters. The molecular weight excluding hydrogens is 232 g/mol. The molecule has 0 bridgehead atoms. The molecule has 0 aromatic carbocycles. The van der Waals surface area contributed by atoms with Crippen molar-refractivity contribution in [1.82, 2.24) is 9.27 Å². The van der Waals surface area contributed by atoms with Crippen LogP contribution < -0.4 is 5.32 Å². The molecule has 1 aliphatic rings. The normalized spacial score (nSPS) is 21.1. The summed E-state index contributed by atoms with van der Waals surface area (Å²) < 4.78 is 4.24. The topological polar surface area (TPSA) is 52.0 Å². The van der Waals surface area contributed by atoms with Gasteiger partial charge in [0.25, 0.3) is 0 Å². The zero-order valence-corrected chi connectivity index (χ0v) is 11.2. The molecule has 17 heavy (non-hydrogen) atoms. The first-order valence-electron chi connectivity index (χ1n) is 6.09. The summed E-state index contributed by atoms with van der Waals surface area (Å²) in [7, 11) is 0. The van der Waals surface area contributed by atoms with Gasteiger partial charge in [-0.05, 0) is 44.4 Å². The molecule has 1 aromatic heterocycles. The fourth-order valence-corrected chi connectivity index (χ4v) is 3.07. The van der Waals surface area contributed by atoms with Crippen LogP contribution in [-0.4, -0.2) is 34.9 Å². The lowest BCUT2D eigenvalue weighted by atomic mass is 10.1. The number of nitriles is 1. The Labute approximate surface area is 106 Å². The minimum Gasteiger partial charge on any atom is -0.371 e. The van der Waals surface area contributed by atoms with Gasteiger partial charge in [0.1, 0.15) is 16.6 Å². The highest BCUT2D eigenvalue weighted by Gasteiger charge is 2.20. The van der Waals surface area contributed by atoms with E-state index in [4.69, 9.17) is 5.26 Å². The third kappa shape index (κ3) is 2.76. The van der Waals surface area contributed by atoms with Crippen LogP contribution >= 0.6 is 11.5 Å². The minimum atomic E-state index is 0.454. The largest absolute Gasteiger partial charge is 0.371 e. The van der Waals surface area contributed by atoms with Crippen molar-refractivity contribution in [2.45, 2.75) is 32.7 Å². The molecule has 1 saturated heterocycles. The van der Waals surface area contributed by atoms with E-state index >= 15 is 0 Å². The number of aryl methyl sites for hydroxylation is 1. The van der Waals surface area contributed by atoms with Gasteiger partial charge in [-0.3, -0.25) is 0 Å². The van der Waals surface area contributed by atoms with Gasteiger partial charge in [0, 0.05) is 12.6 Å². The maximum atomic E-state index is 9.08. The molecule has 1 atom stereocenters. The van der Waals surface area contributed by atoms with Gasteiger partial charge in [-0.1, -0.05) is 6.92 Å². The number of rotatable bonds is 3. The molecule has 0 spiro atoms. The summed E-state index contributed by atoms with van der Waals surface area (Å²) >= 11 is 1.40. The van der Waals surface area contributed by atoms with Crippen molar-refractivity contribution in [2.24, 2.45) is 0 Å². The van der Waals surface area contributed by atoms with Crippen LogP contribution in [0.15, 0.2) is 0 Å². The van der Waals surface area contributed by atoms with E-state index in [2.05, 4.69) is 27.6 Å². The molecule has 2 rings (SSSR count). The van der Waals surface area contributed by atoms with E-state index in [9.17, 15) is 0 Å². The quantitative estimate of drug-likeness (QED) is 0.893. The SMILES string of the molecule is CCN1CCCC(Nc2snc(C)c2C#N)C1. The second-order valence-corrected chi connectivity index (χ2v) is 5.23. The molecule has 92 valence electrons. The molecule has 0 radical (unpaired) electrons. The van der Waals surface area contributed by atoms with Gasteiger partial charge in [-0.2, -0.15) is 9.64 Å². The van der Waals surface area contributed by atoms with E-state index in [0.717, 1.165) is 23.8 Å². The zero-order valence-electron chi connectivity index (χ0n) is 10.4. The van der Waals surface area contributed by atoms with Crippen molar-refractivity contribution < 1.29 is 0 Å². The summed E-state index contributed by atoms with van der Waals surface area (Å²) in [4.78, 5) is 2.45. The summed E-state index contributed by atoms with van der Waals surface area (Å²) in [6, 6.07) is 2.68. The number of hydrogen-bond donors (Lipinski definition) is 1. The molecule has 1 fully saturated rings. The molecule has 5 heteroatoms. The molecular formula is C12H18N4S. The van der Waals surface area contributed by atoms with Crippen molar-refractivity contribution in [3.63, 3.8) is 0 Å². The number of anilines is 1. The highest BCUT2D eigenvalue weighted by atomic mass is 32.1. The fourth-order valence-electron chi connectivity index (χ4n) is 2.25. The summed E-state index contributed by atoms with van der Waals surface area (Å²) in [6.45, 7) is 7.45. The molecule has 2 heterocycles. The van der Waals surface area contributed by atoms with Gasteiger partial charge in [0.15, 0.2) is 0 Å². The summed E-state index contributed by atoms with van der Waals surface area (Å²) in [6.07, 6.45) is 2.41. The molecule has 1 aromatic rings. The van der Waals surface area contributed by atoms with Gasteiger partial charge in [0.05, 0.1) is 5.69 Å². The minimum absolute atomic E-state index is 0.454. The molecule has 4 nitrogen and oxygen atoms in total. The average Bonchev–Trinajstić information content (AvgIpc) is 2.70. The van der Waals surface area contributed by atoms with Crippen LogP contribution in [0.4, 0.5) is 5.00 Å². The van der Waals surface area contributed by atoms with Crippen molar-refractivity contribution in [3.8, 4) is 6.07 Å². The van der Waals surface area contributed by atoms with Gasteiger partial charge in [-0.15, -0.1) is 0 Å². The Balaban J connectivity index is 2.03. The standard InChI is InChI=1S/C12H18N4S/c1-3-16-6-4-5-10(8-16)14-12-11(7-13)9(2)15-17-12/h10,14H,3-6,8H2,1-2H3. The second kappa shape index (κ2) is 5.48. The van der Waals surface area contributed by atoms with Crippen LogP contribution in [0.3, 0.4) is 0 Å². The first-order valence-corrected chi connectivity index (χ1v) is 6.87. The van der Waals surface area contributed by atoms with Crippen LogP contribution in [0.5, 0.6) is 0 Å². The first kappa shape index (κ1) is 12.3. The van der Waals surface area contributed by atoms with Crippen LogP contribution in [-0.2, 0) is 0 Å². The molecule has 0 saturated carbocycles. The van der Waals surface area contributed by atoms with E-state index < -0.39 is 0 Å². The van der Waals surface area contributed by atoms with Crippen LogP contribution in [0, 0.1) is 18.3 Å². The number of nitrogens with one attached hydrogen (secondary N) is 1. The van der Waals surface area contributed by atoms with E-state index in [1.54, 1.807) is 0 Å². The Morgan fingerprint density at radius 2 is 2.47 bits per heavy atom. The second-order valence-electron chi connectivity index (χ2n) is 4.46. The van der Waals surface area contributed by atoms with Crippen molar-refractivity contribution in [2.75, 3.05) is 25.0 Å². The Morgan fingerprint density at radius 3 is 3.18 bits per heavy atom. The Kier molecular flexibility index (Phi) is 3.97. The third-order valence-corrected chi connectivity index (χ3v) is 4.13. The fraction of sp³-hybridized carbons (Fsp3) is 0.667. The lowest BCUT2D eigenvalue weighted by molar-refractivity contribution is 0.227. The van der Waals surface area contributed by atoms with E-state index in [1.165, 1.54) is 30.9 Å². The number of nitrogens with zero attached hydrogens (tertiary/aromatic N) is 3.